The Hall–Kier alpha value is -2.33. The first kappa shape index (κ1) is 27.7. The van der Waals surface area contributed by atoms with Crippen molar-refractivity contribution in [2.75, 3.05) is 40.3 Å². The lowest BCUT2D eigenvalue weighted by atomic mass is 10.1. The van der Waals surface area contributed by atoms with Gasteiger partial charge in [0.15, 0.2) is 5.96 Å². The first-order valence-corrected chi connectivity index (χ1v) is 10.6. The maximum absolute atomic E-state index is 12.1. The van der Waals surface area contributed by atoms with Gasteiger partial charge in [-0.15, -0.1) is 24.0 Å². The number of aliphatic hydroxyl groups is 1. The molecule has 8 heteroatoms. The lowest BCUT2D eigenvalue weighted by Crippen LogP contribution is -2.39. The van der Waals surface area contributed by atoms with E-state index in [1.54, 1.807) is 19.0 Å². The molecule has 0 saturated carbocycles. The van der Waals surface area contributed by atoms with Crippen LogP contribution in [0.25, 0.3) is 0 Å². The highest BCUT2D eigenvalue weighted by Gasteiger charge is 2.09. The van der Waals surface area contributed by atoms with Gasteiger partial charge in [0.2, 0.25) is 0 Å². The van der Waals surface area contributed by atoms with Crippen LogP contribution in [0.15, 0.2) is 53.5 Å². The number of aliphatic imine (C=N–C) groups is 1. The van der Waals surface area contributed by atoms with Crippen LogP contribution in [-0.2, 0) is 6.42 Å². The van der Waals surface area contributed by atoms with E-state index in [0.717, 1.165) is 23.3 Å². The number of ether oxygens (including phenoxy) is 1. The predicted molar refractivity (Wildman–Crippen MR) is 140 cm³/mol. The number of hydrogen-bond acceptors (Lipinski definition) is 4. The summed E-state index contributed by atoms with van der Waals surface area (Å²) in [4.78, 5) is 18.1. The molecule has 2 rings (SSSR count). The van der Waals surface area contributed by atoms with E-state index in [2.05, 4.69) is 15.6 Å². The monoisotopic (exact) mass is 554 g/mol. The fraction of sp³-hybridized carbons (Fsp3) is 0.417. The van der Waals surface area contributed by atoms with E-state index < -0.39 is 6.10 Å². The van der Waals surface area contributed by atoms with E-state index in [0.29, 0.717) is 24.6 Å². The summed E-state index contributed by atoms with van der Waals surface area (Å²) < 4.78 is 5.64. The number of halogens is 1. The molecule has 2 aromatic carbocycles. The number of aryl methyl sites for hydroxylation is 1. The van der Waals surface area contributed by atoms with Gasteiger partial charge in [0, 0.05) is 32.7 Å². The molecule has 0 heterocycles. The number of aliphatic hydroxyl groups excluding tert-OH is 1. The number of carbonyl (C=O) groups is 1. The van der Waals surface area contributed by atoms with Gasteiger partial charge < -0.3 is 25.4 Å². The summed E-state index contributed by atoms with van der Waals surface area (Å²) >= 11 is 0. The Bertz CT molecular complexity index is 874. The van der Waals surface area contributed by atoms with Gasteiger partial charge in [-0.1, -0.05) is 24.3 Å². The Morgan fingerprint density at radius 1 is 1.16 bits per heavy atom. The van der Waals surface area contributed by atoms with Crippen molar-refractivity contribution in [1.82, 2.24) is 15.5 Å². The second-order valence-corrected chi connectivity index (χ2v) is 7.58. The van der Waals surface area contributed by atoms with Crippen molar-refractivity contribution in [3.8, 4) is 5.75 Å². The second kappa shape index (κ2) is 14.7. The van der Waals surface area contributed by atoms with E-state index in [1.807, 2.05) is 62.4 Å². The summed E-state index contributed by atoms with van der Waals surface area (Å²) in [5.74, 6) is 1.37. The minimum Gasteiger partial charge on any atom is -0.491 e. The zero-order valence-corrected chi connectivity index (χ0v) is 21.6. The third-order valence-electron chi connectivity index (χ3n) is 4.52. The topological polar surface area (TPSA) is 86.2 Å². The quantitative estimate of drug-likeness (QED) is 0.239. The molecule has 0 spiro atoms. The summed E-state index contributed by atoms with van der Waals surface area (Å²) in [6.07, 6.45) is 0.0440. The molecule has 32 heavy (non-hydrogen) atoms. The maximum Gasteiger partial charge on any atom is 0.253 e. The van der Waals surface area contributed by atoms with Crippen molar-refractivity contribution in [1.29, 1.82) is 0 Å². The number of nitrogens with one attached hydrogen (secondary N) is 2. The van der Waals surface area contributed by atoms with E-state index in [1.165, 1.54) is 0 Å². The molecule has 0 aliphatic heterocycles. The molecule has 1 unspecified atom stereocenters. The summed E-state index contributed by atoms with van der Waals surface area (Å²) in [7, 11) is 3.49. The number of guanidine groups is 1. The summed E-state index contributed by atoms with van der Waals surface area (Å²) in [6, 6.07) is 15.4. The van der Waals surface area contributed by atoms with Crippen LogP contribution in [0.2, 0.25) is 0 Å². The predicted octanol–water partition coefficient (Wildman–Crippen LogP) is 2.85. The Labute approximate surface area is 208 Å². The van der Waals surface area contributed by atoms with Gasteiger partial charge in [0.05, 0.1) is 6.54 Å². The van der Waals surface area contributed by atoms with E-state index in [4.69, 9.17) is 4.74 Å². The van der Waals surface area contributed by atoms with Crippen molar-refractivity contribution >= 4 is 35.8 Å². The fourth-order valence-corrected chi connectivity index (χ4v) is 2.93. The van der Waals surface area contributed by atoms with E-state index >= 15 is 0 Å². The second-order valence-electron chi connectivity index (χ2n) is 7.58. The molecule has 1 atom stereocenters. The van der Waals surface area contributed by atoms with Gasteiger partial charge in [-0.25, -0.2) is 0 Å². The summed E-state index contributed by atoms with van der Waals surface area (Å²) in [5.41, 5.74) is 2.86. The highest BCUT2D eigenvalue weighted by Crippen LogP contribution is 2.12. The molecular weight excluding hydrogens is 519 g/mol. The molecule has 7 nitrogen and oxygen atoms in total. The van der Waals surface area contributed by atoms with Gasteiger partial charge in [-0.3, -0.25) is 9.79 Å². The van der Waals surface area contributed by atoms with Gasteiger partial charge in [-0.05, 0) is 55.7 Å². The molecule has 0 aliphatic carbocycles. The lowest BCUT2D eigenvalue weighted by molar-refractivity contribution is 0.0827. The number of benzene rings is 2. The van der Waals surface area contributed by atoms with Crippen molar-refractivity contribution in [2.24, 2.45) is 4.99 Å². The smallest absolute Gasteiger partial charge is 0.253 e. The Balaban J connectivity index is 0.00000512. The minimum atomic E-state index is -0.704. The molecule has 0 aliphatic rings. The highest BCUT2D eigenvalue weighted by molar-refractivity contribution is 14.0. The maximum atomic E-state index is 12.1. The van der Waals surface area contributed by atoms with Crippen LogP contribution in [0.5, 0.6) is 5.75 Å². The first-order valence-electron chi connectivity index (χ1n) is 10.6. The highest BCUT2D eigenvalue weighted by atomic mass is 127. The number of rotatable bonds is 10. The van der Waals surface area contributed by atoms with Gasteiger partial charge >= 0.3 is 0 Å². The molecule has 2 aromatic rings. The first-order chi connectivity index (χ1) is 14.9. The summed E-state index contributed by atoms with van der Waals surface area (Å²) in [5, 5.41) is 16.6. The lowest BCUT2D eigenvalue weighted by Gasteiger charge is -2.14. The van der Waals surface area contributed by atoms with Crippen molar-refractivity contribution in [3.05, 3.63) is 65.2 Å². The van der Waals surface area contributed by atoms with Crippen LogP contribution in [-0.4, -0.2) is 68.3 Å². The minimum absolute atomic E-state index is 0. The number of nitrogens with zero attached hydrogens (tertiary/aromatic N) is 2. The standard InChI is InChI=1S/C24H34N4O3.HI/c1-5-25-24(27-16-21(29)17-31-22-11-6-8-18(2)14-22)26-13-12-19-9-7-10-20(15-19)23(30)28(3)4;/h6-11,14-15,21,29H,5,12-13,16-17H2,1-4H3,(H2,25,26,27);1H. The molecule has 0 bridgehead atoms. The molecule has 3 N–H and O–H groups in total. The molecule has 176 valence electrons. The average molecular weight is 554 g/mol. The number of carbonyl (C=O) groups excluding carboxylic acids is 1. The fourth-order valence-electron chi connectivity index (χ4n) is 2.93. The van der Waals surface area contributed by atoms with Crippen LogP contribution in [0.1, 0.15) is 28.4 Å². The largest absolute Gasteiger partial charge is 0.491 e. The van der Waals surface area contributed by atoms with Crippen molar-refractivity contribution in [2.45, 2.75) is 26.4 Å². The van der Waals surface area contributed by atoms with E-state index in [9.17, 15) is 9.90 Å². The van der Waals surface area contributed by atoms with E-state index in [-0.39, 0.29) is 43.0 Å². The molecule has 1 amide bonds. The molecule has 0 fully saturated rings. The molecule has 0 radical (unpaired) electrons. The van der Waals surface area contributed by atoms with Crippen molar-refractivity contribution < 1.29 is 14.6 Å². The van der Waals surface area contributed by atoms with Crippen LogP contribution in [0, 0.1) is 6.92 Å². The number of hydrogen-bond donors (Lipinski definition) is 3. The Morgan fingerprint density at radius 2 is 1.91 bits per heavy atom. The third-order valence-corrected chi connectivity index (χ3v) is 4.52. The zero-order chi connectivity index (χ0) is 22.6. The normalized spacial score (nSPS) is 11.8. The average Bonchev–Trinajstić information content (AvgIpc) is 2.75. The van der Waals surface area contributed by atoms with Crippen LogP contribution >= 0.6 is 24.0 Å². The SMILES string of the molecule is CCNC(=NCC(O)COc1cccc(C)c1)NCCc1cccc(C(=O)N(C)C)c1.I. The molecular formula is C24H35IN4O3. The Morgan fingerprint density at radius 3 is 2.59 bits per heavy atom. The van der Waals surface area contributed by atoms with Crippen LogP contribution in [0.3, 0.4) is 0 Å². The molecule has 0 aromatic heterocycles. The van der Waals surface area contributed by atoms with Crippen LogP contribution in [0.4, 0.5) is 0 Å². The Kier molecular flexibility index (Phi) is 12.7. The van der Waals surface area contributed by atoms with Gasteiger partial charge in [0.25, 0.3) is 5.91 Å². The zero-order valence-electron chi connectivity index (χ0n) is 19.3. The van der Waals surface area contributed by atoms with Crippen LogP contribution < -0.4 is 15.4 Å². The number of amides is 1. The van der Waals surface area contributed by atoms with Crippen molar-refractivity contribution in [3.63, 3.8) is 0 Å². The van der Waals surface area contributed by atoms with Gasteiger partial charge in [0.1, 0.15) is 18.5 Å². The van der Waals surface area contributed by atoms with Gasteiger partial charge in [-0.2, -0.15) is 0 Å². The molecule has 0 saturated heterocycles. The summed E-state index contributed by atoms with van der Waals surface area (Å²) in [6.45, 7) is 5.77. The third kappa shape index (κ3) is 9.86.